The zero-order valence-corrected chi connectivity index (χ0v) is 18.0. The molecule has 1 aromatic rings. The van der Waals surface area contributed by atoms with E-state index < -0.39 is 29.9 Å². The highest BCUT2D eigenvalue weighted by Gasteiger charge is 2.29. The quantitative estimate of drug-likeness (QED) is 0.373. The van der Waals surface area contributed by atoms with E-state index in [1.54, 1.807) is 0 Å². The maximum absolute atomic E-state index is 13.0. The number of rotatable bonds is 13. The number of amides is 3. The van der Waals surface area contributed by atoms with Crippen molar-refractivity contribution in [3.05, 3.63) is 35.9 Å². The molecule has 0 fully saturated rings. The molecule has 0 aliphatic carbocycles. The highest BCUT2D eigenvalue weighted by molar-refractivity contribution is 5.92. The number of nitrogens with two attached hydrogens (primary N) is 1. The van der Waals surface area contributed by atoms with Crippen LogP contribution in [0.15, 0.2) is 30.3 Å². The first-order valence-corrected chi connectivity index (χ1v) is 10.4. The summed E-state index contributed by atoms with van der Waals surface area (Å²) in [5.41, 5.74) is 6.27. The summed E-state index contributed by atoms with van der Waals surface area (Å²) in [7, 11) is 0. The Hall–Kier alpha value is -2.41. The van der Waals surface area contributed by atoms with Gasteiger partial charge in [0.1, 0.15) is 12.1 Å². The Bertz CT molecular complexity index is 649. The van der Waals surface area contributed by atoms with Gasteiger partial charge in [-0.05, 0) is 37.8 Å². The molecule has 0 aromatic heterocycles. The first-order valence-electron chi connectivity index (χ1n) is 10.4. The normalized spacial score (nSPS) is 14.1. The Labute approximate surface area is 174 Å². The van der Waals surface area contributed by atoms with Crippen LogP contribution in [0.25, 0.3) is 0 Å². The molecule has 3 amide bonds. The largest absolute Gasteiger partial charge is 0.368 e. The smallest absolute Gasteiger partial charge is 0.243 e. The van der Waals surface area contributed by atoms with E-state index in [-0.39, 0.29) is 11.8 Å². The van der Waals surface area contributed by atoms with Crippen LogP contribution in [-0.2, 0) is 20.8 Å². The number of hydrogen-bond donors (Lipinski definition) is 4. The van der Waals surface area contributed by atoms with Crippen LogP contribution in [0.4, 0.5) is 0 Å². The van der Waals surface area contributed by atoms with E-state index in [4.69, 9.17) is 5.73 Å². The second kappa shape index (κ2) is 12.9. The average Bonchev–Trinajstić information content (AvgIpc) is 2.68. The highest BCUT2D eigenvalue weighted by Crippen LogP contribution is 2.07. The predicted molar refractivity (Wildman–Crippen MR) is 115 cm³/mol. The van der Waals surface area contributed by atoms with Crippen molar-refractivity contribution >= 4 is 17.7 Å². The Kier molecular flexibility index (Phi) is 11.0. The van der Waals surface area contributed by atoms with Crippen LogP contribution in [0.3, 0.4) is 0 Å². The van der Waals surface area contributed by atoms with Crippen molar-refractivity contribution in [3.8, 4) is 0 Å². The molecule has 1 rings (SSSR count). The highest BCUT2D eigenvalue weighted by atomic mass is 16.2. The van der Waals surface area contributed by atoms with E-state index in [1.807, 2.05) is 44.2 Å². The minimum Gasteiger partial charge on any atom is -0.368 e. The number of nitrogens with one attached hydrogen (secondary N) is 3. The van der Waals surface area contributed by atoms with E-state index in [0.717, 1.165) is 31.4 Å². The lowest BCUT2D eigenvalue weighted by atomic mass is 10.0. The molecule has 162 valence electrons. The first-order chi connectivity index (χ1) is 13.8. The SMILES string of the molecule is CCCCCN[C@@H](Cc1ccccc1)C(=O)N[C@H](C(=O)N[C@@H](C)C(N)=O)C(C)C. The summed E-state index contributed by atoms with van der Waals surface area (Å²) in [6.07, 6.45) is 3.71. The molecule has 0 saturated heterocycles. The molecule has 0 radical (unpaired) electrons. The number of benzene rings is 1. The lowest BCUT2D eigenvalue weighted by molar-refractivity contribution is -0.132. The summed E-state index contributed by atoms with van der Waals surface area (Å²) in [5, 5.41) is 8.75. The van der Waals surface area contributed by atoms with E-state index in [9.17, 15) is 14.4 Å². The standard InChI is InChI=1S/C22H36N4O3/c1-5-6-10-13-24-18(14-17-11-8-7-9-12-17)21(28)26-19(15(2)3)22(29)25-16(4)20(23)27/h7-9,11-12,15-16,18-19,24H,5-6,10,13-14H2,1-4H3,(H2,23,27)(H,25,29)(H,26,28)/t16-,18-,19-/m0/s1. The Morgan fingerprint density at radius 3 is 2.17 bits per heavy atom. The summed E-state index contributed by atoms with van der Waals surface area (Å²) in [6, 6.07) is 7.79. The van der Waals surface area contributed by atoms with Crippen LogP contribution >= 0.6 is 0 Å². The maximum Gasteiger partial charge on any atom is 0.243 e. The van der Waals surface area contributed by atoms with E-state index >= 15 is 0 Å². The lowest BCUT2D eigenvalue weighted by Crippen LogP contribution is -2.57. The molecule has 0 aliphatic heterocycles. The topological polar surface area (TPSA) is 113 Å². The fraction of sp³-hybridized carbons (Fsp3) is 0.591. The van der Waals surface area contributed by atoms with Gasteiger partial charge < -0.3 is 21.7 Å². The van der Waals surface area contributed by atoms with Gasteiger partial charge in [0.25, 0.3) is 0 Å². The molecule has 7 heteroatoms. The second-order valence-electron chi connectivity index (χ2n) is 7.77. The monoisotopic (exact) mass is 404 g/mol. The molecule has 0 heterocycles. The van der Waals surface area contributed by atoms with Gasteiger partial charge in [-0.3, -0.25) is 14.4 Å². The van der Waals surface area contributed by atoms with Crippen molar-refractivity contribution in [2.45, 2.75) is 71.5 Å². The van der Waals surface area contributed by atoms with Gasteiger partial charge in [-0.1, -0.05) is 63.9 Å². The van der Waals surface area contributed by atoms with Gasteiger partial charge in [0.15, 0.2) is 0 Å². The Balaban J connectivity index is 2.84. The molecule has 5 N–H and O–H groups in total. The van der Waals surface area contributed by atoms with Gasteiger partial charge in [0, 0.05) is 0 Å². The number of unbranched alkanes of at least 4 members (excludes halogenated alkanes) is 2. The number of carbonyl (C=O) groups excluding carboxylic acids is 3. The fourth-order valence-electron chi connectivity index (χ4n) is 2.92. The van der Waals surface area contributed by atoms with Gasteiger partial charge in [-0.15, -0.1) is 0 Å². The van der Waals surface area contributed by atoms with Crippen LogP contribution in [0.5, 0.6) is 0 Å². The molecule has 0 bridgehead atoms. The number of primary amides is 1. The summed E-state index contributed by atoms with van der Waals surface area (Å²) in [6.45, 7) is 8.08. The predicted octanol–water partition coefficient (Wildman–Crippen LogP) is 1.51. The minimum absolute atomic E-state index is 0.142. The van der Waals surface area contributed by atoms with E-state index in [1.165, 1.54) is 6.92 Å². The van der Waals surface area contributed by atoms with Crippen LogP contribution in [0, 0.1) is 5.92 Å². The molecule has 0 spiro atoms. The van der Waals surface area contributed by atoms with Crippen LogP contribution in [0.2, 0.25) is 0 Å². The fourth-order valence-corrected chi connectivity index (χ4v) is 2.92. The number of carbonyl (C=O) groups is 3. The van der Waals surface area contributed by atoms with Gasteiger partial charge >= 0.3 is 0 Å². The summed E-state index contributed by atoms with van der Waals surface area (Å²) in [5.74, 6) is -1.40. The third-order valence-corrected chi connectivity index (χ3v) is 4.80. The molecule has 3 atom stereocenters. The van der Waals surface area contributed by atoms with Gasteiger partial charge in [-0.25, -0.2) is 0 Å². The van der Waals surface area contributed by atoms with Gasteiger partial charge in [0.05, 0.1) is 6.04 Å². The van der Waals surface area contributed by atoms with Crippen molar-refractivity contribution in [1.82, 2.24) is 16.0 Å². The first kappa shape index (κ1) is 24.6. The van der Waals surface area contributed by atoms with Crippen molar-refractivity contribution in [2.75, 3.05) is 6.54 Å². The van der Waals surface area contributed by atoms with Crippen molar-refractivity contribution in [3.63, 3.8) is 0 Å². The third-order valence-electron chi connectivity index (χ3n) is 4.80. The van der Waals surface area contributed by atoms with Crippen molar-refractivity contribution < 1.29 is 14.4 Å². The van der Waals surface area contributed by atoms with Crippen LogP contribution in [0.1, 0.15) is 52.5 Å². The molecule has 0 unspecified atom stereocenters. The summed E-state index contributed by atoms with van der Waals surface area (Å²) < 4.78 is 0. The molecule has 0 saturated carbocycles. The minimum atomic E-state index is -0.798. The van der Waals surface area contributed by atoms with Crippen LogP contribution in [-0.4, -0.2) is 42.4 Å². The number of hydrogen-bond acceptors (Lipinski definition) is 4. The molecular formula is C22H36N4O3. The molecule has 0 aliphatic rings. The summed E-state index contributed by atoms with van der Waals surface area (Å²) >= 11 is 0. The van der Waals surface area contributed by atoms with E-state index in [0.29, 0.717) is 6.42 Å². The molecule has 29 heavy (non-hydrogen) atoms. The molecule has 7 nitrogen and oxygen atoms in total. The Morgan fingerprint density at radius 1 is 0.966 bits per heavy atom. The molecular weight excluding hydrogens is 368 g/mol. The zero-order chi connectivity index (χ0) is 21.8. The maximum atomic E-state index is 13.0. The molecule has 1 aromatic carbocycles. The van der Waals surface area contributed by atoms with Gasteiger partial charge in [-0.2, -0.15) is 0 Å². The lowest BCUT2D eigenvalue weighted by Gasteiger charge is -2.26. The summed E-state index contributed by atoms with van der Waals surface area (Å²) in [4.78, 5) is 36.8. The average molecular weight is 405 g/mol. The van der Waals surface area contributed by atoms with Crippen molar-refractivity contribution in [2.24, 2.45) is 11.7 Å². The zero-order valence-electron chi connectivity index (χ0n) is 18.0. The van der Waals surface area contributed by atoms with E-state index in [2.05, 4.69) is 22.9 Å². The van der Waals surface area contributed by atoms with Gasteiger partial charge in [0.2, 0.25) is 17.7 Å². The Morgan fingerprint density at radius 2 is 1.62 bits per heavy atom. The van der Waals surface area contributed by atoms with Crippen LogP contribution < -0.4 is 21.7 Å². The second-order valence-corrected chi connectivity index (χ2v) is 7.77. The third kappa shape index (κ3) is 9.09. The van der Waals surface area contributed by atoms with Crippen molar-refractivity contribution in [1.29, 1.82) is 0 Å².